The van der Waals surface area contributed by atoms with Crippen molar-refractivity contribution in [2.24, 2.45) is 0 Å². The lowest BCUT2D eigenvalue weighted by molar-refractivity contribution is -0.114. The summed E-state index contributed by atoms with van der Waals surface area (Å²) in [6.45, 7) is 1.36. The number of sulfonamides is 1. The number of aryl methyl sites for hydroxylation is 1. The average molecular weight is 517 g/mol. The number of nitrogens with one attached hydrogen (secondary N) is 1. The fourth-order valence-corrected chi connectivity index (χ4v) is 4.78. The van der Waals surface area contributed by atoms with Crippen molar-refractivity contribution in [3.63, 3.8) is 0 Å². The Morgan fingerprint density at radius 1 is 1.00 bits per heavy atom. The first-order valence-corrected chi connectivity index (χ1v) is 11.8. The summed E-state index contributed by atoms with van der Waals surface area (Å²) in [4.78, 5) is 24.9. The lowest BCUT2D eigenvalue weighted by Crippen LogP contribution is -2.38. The molecule has 1 amide bonds. The van der Waals surface area contributed by atoms with Gasteiger partial charge >= 0.3 is 5.97 Å². The molecule has 7 nitrogen and oxygen atoms in total. The Morgan fingerprint density at radius 2 is 1.69 bits per heavy atom. The smallest absolute Gasteiger partial charge is 0.339 e. The number of carbonyl (C=O) groups is 2. The largest absolute Gasteiger partial charge is 0.465 e. The number of methoxy groups -OCH3 is 1. The zero-order chi connectivity index (χ0) is 23.3. The zero-order valence-electron chi connectivity index (χ0n) is 17.4. The summed E-state index contributed by atoms with van der Waals surface area (Å²) in [6, 6.07) is 19.4. The van der Waals surface area contributed by atoms with E-state index in [0.717, 1.165) is 9.87 Å². The van der Waals surface area contributed by atoms with Crippen LogP contribution in [0.3, 0.4) is 0 Å². The minimum Gasteiger partial charge on any atom is -0.465 e. The minimum absolute atomic E-state index is 0.0610. The molecule has 3 aromatic rings. The van der Waals surface area contributed by atoms with E-state index in [1.807, 2.05) is 6.92 Å². The van der Waals surface area contributed by atoms with E-state index < -0.39 is 28.4 Å². The number of ether oxygens (including phenoxy) is 1. The summed E-state index contributed by atoms with van der Waals surface area (Å²) in [6.07, 6.45) is 0. The van der Waals surface area contributed by atoms with Crippen molar-refractivity contribution in [3.8, 4) is 0 Å². The molecule has 3 aromatic carbocycles. The van der Waals surface area contributed by atoms with Gasteiger partial charge in [0.15, 0.2) is 0 Å². The SMILES string of the molecule is COC(=O)c1ccccc1NC(=O)CN(c1cccc(Br)c1)S(=O)(=O)c1ccc(C)cc1. The van der Waals surface area contributed by atoms with Crippen LogP contribution in [0.5, 0.6) is 0 Å². The number of amides is 1. The normalized spacial score (nSPS) is 11.0. The summed E-state index contributed by atoms with van der Waals surface area (Å²) < 4.78 is 33.3. The lowest BCUT2D eigenvalue weighted by atomic mass is 10.2. The van der Waals surface area contributed by atoms with Crippen LogP contribution in [0.4, 0.5) is 11.4 Å². The first-order valence-electron chi connectivity index (χ1n) is 9.54. The molecule has 0 bridgehead atoms. The molecule has 0 fully saturated rings. The molecule has 0 saturated carbocycles. The zero-order valence-corrected chi connectivity index (χ0v) is 19.8. The topological polar surface area (TPSA) is 92.8 Å². The van der Waals surface area contributed by atoms with Gasteiger partial charge in [0.25, 0.3) is 10.0 Å². The first-order chi connectivity index (χ1) is 15.2. The quantitative estimate of drug-likeness (QED) is 0.470. The third-order valence-electron chi connectivity index (χ3n) is 4.60. The van der Waals surface area contributed by atoms with Gasteiger partial charge in [-0.25, -0.2) is 13.2 Å². The maximum Gasteiger partial charge on any atom is 0.339 e. The van der Waals surface area contributed by atoms with Crippen LogP contribution >= 0.6 is 15.9 Å². The highest BCUT2D eigenvalue weighted by molar-refractivity contribution is 9.10. The molecule has 32 heavy (non-hydrogen) atoms. The van der Waals surface area contributed by atoms with Crippen LogP contribution in [0.15, 0.2) is 82.2 Å². The van der Waals surface area contributed by atoms with Crippen molar-refractivity contribution in [1.82, 2.24) is 0 Å². The second-order valence-electron chi connectivity index (χ2n) is 6.89. The van der Waals surface area contributed by atoms with E-state index in [4.69, 9.17) is 4.74 Å². The van der Waals surface area contributed by atoms with Gasteiger partial charge in [-0.1, -0.05) is 51.8 Å². The van der Waals surface area contributed by atoms with Crippen LogP contribution in [-0.4, -0.2) is 33.9 Å². The van der Waals surface area contributed by atoms with Gasteiger partial charge in [-0.3, -0.25) is 9.10 Å². The molecule has 0 unspecified atom stereocenters. The number of hydrogen-bond donors (Lipinski definition) is 1. The Morgan fingerprint density at radius 3 is 2.34 bits per heavy atom. The van der Waals surface area contributed by atoms with E-state index in [0.29, 0.717) is 10.2 Å². The predicted molar refractivity (Wildman–Crippen MR) is 126 cm³/mol. The van der Waals surface area contributed by atoms with Crippen molar-refractivity contribution < 1.29 is 22.7 Å². The average Bonchev–Trinajstić information content (AvgIpc) is 2.77. The van der Waals surface area contributed by atoms with E-state index >= 15 is 0 Å². The Balaban J connectivity index is 1.96. The van der Waals surface area contributed by atoms with Gasteiger partial charge in [-0.15, -0.1) is 0 Å². The maximum atomic E-state index is 13.4. The molecular formula is C23H21BrN2O5S. The fourth-order valence-electron chi connectivity index (χ4n) is 2.98. The number of anilines is 2. The summed E-state index contributed by atoms with van der Waals surface area (Å²) in [5.41, 5.74) is 1.62. The van der Waals surface area contributed by atoms with E-state index in [1.165, 1.54) is 25.3 Å². The molecule has 0 aliphatic heterocycles. The Hall–Kier alpha value is -3.17. The van der Waals surface area contributed by atoms with Crippen LogP contribution in [-0.2, 0) is 19.6 Å². The number of para-hydroxylation sites is 1. The van der Waals surface area contributed by atoms with Crippen LogP contribution in [0.1, 0.15) is 15.9 Å². The lowest BCUT2D eigenvalue weighted by Gasteiger charge is -2.24. The number of hydrogen-bond acceptors (Lipinski definition) is 5. The molecule has 0 radical (unpaired) electrons. The highest BCUT2D eigenvalue weighted by Crippen LogP contribution is 2.27. The van der Waals surface area contributed by atoms with E-state index in [9.17, 15) is 18.0 Å². The summed E-state index contributed by atoms with van der Waals surface area (Å²) >= 11 is 3.34. The molecule has 166 valence electrons. The van der Waals surface area contributed by atoms with Crippen LogP contribution in [0, 0.1) is 6.92 Å². The van der Waals surface area contributed by atoms with Crippen LogP contribution in [0.2, 0.25) is 0 Å². The van der Waals surface area contributed by atoms with E-state index in [-0.39, 0.29) is 16.1 Å². The summed E-state index contributed by atoms with van der Waals surface area (Å²) in [5, 5.41) is 2.62. The molecule has 0 aliphatic rings. The van der Waals surface area contributed by atoms with E-state index in [1.54, 1.807) is 54.6 Å². The molecule has 0 saturated heterocycles. The molecule has 0 aromatic heterocycles. The second-order valence-corrected chi connectivity index (χ2v) is 9.67. The Kier molecular flexibility index (Phi) is 7.32. The van der Waals surface area contributed by atoms with Gasteiger partial charge in [0.05, 0.1) is 28.9 Å². The monoisotopic (exact) mass is 516 g/mol. The number of rotatable bonds is 7. The molecule has 3 rings (SSSR count). The standard InChI is InChI=1S/C23H21BrN2O5S/c1-16-10-12-19(13-11-16)32(29,30)26(18-7-5-6-17(24)14-18)15-22(27)25-21-9-4-3-8-20(21)23(28)31-2/h3-14H,15H2,1-2H3,(H,25,27). The van der Waals surface area contributed by atoms with Crippen molar-refractivity contribution in [2.75, 3.05) is 23.3 Å². The molecule has 9 heteroatoms. The maximum absolute atomic E-state index is 13.4. The number of benzene rings is 3. The van der Waals surface area contributed by atoms with Crippen molar-refractivity contribution >= 4 is 49.2 Å². The molecule has 0 atom stereocenters. The third-order valence-corrected chi connectivity index (χ3v) is 6.88. The van der Waals surface area contributed by atoms with Crippen molar-refractivity contribution in [2.45, 2.75) is 11.8 Å². The number of carbonyl (C=O) groups excluding carboxylic acids is 2. The van der Waals surface area contributed by atoms with Gasteiger partial charge in [0.2, 0.25) is 5.91 Å². The molecular weight excluding hydrogens is 496 g/mol. The highest BCUT2D eigenvalue weighted by Gasteiger charge is 2.28. The van der Waals surface area contributed by atoms with Gasteiger partial charge in [-0.05, 0) is 49.4 Å². The number of nitrogens with zero attached hydrogens (tertiary/aromatic N) is 1. The molecule has 0 aliphatic carbocycles. The predicted octanol–water partition coefficient (Wildman–Crippen LogP) is 4.38. The van der Waals surface area contributed by atoms with Gasteiger partial charge in [0.1, 0.15) is 6.54 Å². The highest BCUT2D eigenvalue weighted by atomic mass is 79.9. The van der Waals surface area contributed by atoms with Crippen molar-refractivity contribution in [3.05, 3.63) is 88.4 Å². The first kappa shape index (κ1) is 23.5. The van der Waals surface area contributed by atoms with Gasteiger partial charge in [0, 0.05) is 4.47 Å². The second kappa shape index (κ2) is 9.97. The summed E-state index contributed by atoms with van der Waals surface area (Å²) in [7, 11) is -2.81. The minimum atomic E-state index is -4.05. The Bertz CT molecular complexity index is 1240. The van der Waals surface area contributed by atoms with E-state index in [2.05, 4.69) is 21.2 Å². The third kappa shape index (κ3) is 5.35. The number of esters is 1. The van der Waals surface area contributed by atoms with Crippen LogP contribution < -0.4 is 9.62 Å². The molecule has 1 N–H and O–H groups in total. The number of halogens is 1. The summed E-state index contributed by atoms with van der Waals surface area (Å²) in [5.74, 6) is -1.23. The Labute approximate surface area is 195 Å². The van der Waals surface area contributed by atoms with Crippen LogP contribution in [0.25, 0.3) is 0 Å². The van der Waals surface area contributed by atoms with Gasteiger partial charge < -0.3 is 10.1 Å². The molecule has 0 heterocycles. The molecule has 0 spiro atoms. The van der Waals surface area contributed by atoms with Crippen molar-refractivity contribution in [1.29, 1.82) is 0 Å². The van der Waals surface area contributed by atoms with Gasteiger partial charge in [-0.2, -0.15) is 0 Å². The fraction of sp³-hybridized carbons (Fsp3) is 0.130.